The molecule has 4 nitrogen and oxygen atoms in total. The molecule has 1 aromatic carbocycles. The number of carbonyl (C=O) groups excluding carboxylic acids is 1. The number of nitrogens with one attached hydrogen (secondary N) is 1. The Morgan fingerprint density at radius 2 is 2.11 bits per heavy atom. The fourth-order valence-electron chi connectivity index (χ4n) is 1.35. The zero-order valence-electron chi connectivity index (χ0n) is 9.65. The normalized spacial score (nSPS) is 10.2. The van der Waals surface area contributed by atoms with Crippen LogP contribution in [-0.2, 0) is 6.54 Å². The molecule has 0 aliphatic rings. The van der Waals surface area contributed by atoms with Crippen LogP contribution in [0.4, 0.5) is 14.2 Å². The summed E-state index contributed by atoms with van der Waals surface area (Å²) in [5, 5.41) is 2.86. The van der Waals surface area contributed by atoms with Gasteiger partial charge in [-0.3, -0.25) is 0 Å². The Labute approximate surface area is 117 Å². The van der Waals surface area contributed by atoms with Gasteiger partial charge in [-0.25, -0.2) is 9.18 Å². The average Bonchev–Trinajstić information content (AvgIpc) is 2.67. The van der Waals surface area contributed by atoms with Crippen molar-refractivity contribution >= 4 is 34.0 Å². The molecule has 0 atom stereocenters. The minimum atomic E-state index is -0.648. The summed E-state index contributed by atoms with van der Waals surface area (Å²) in [7, 11) is 0. The highest BCUT2D eigenvalue weighted by Crippen LogP contribution is 2.35. The monoisotopic (exact) mass is 300 g/mol. The van der Waals surface area contributed by atoms with Crippen LogP contribution in [0.3, 0.4) is 0 Å². The molecule has 2 rings (SSSR count). The Bertz CT molecular complexity index is 586. The van der Waals surface area contributed by atoms with E-state index in [2.05, 4.69) is 5.32 Å². The minimum Gasteiger partial charge on any atom is -0.407 e. The van der Waals surface area contributed by atoms with Crippen molar-refractivity contribution in [3.05, 3.63) is 46.0 Å². The van der Waals surface area contributed by atoms with Gasteiger partial charge in [0.15, 0.2) is 5.75 Å². The first kappa shape index (κ1) is 13.6. The Balaban J connectivity index is 1.88. The molecule has 0 saturated heterocycles. The zero-order chi connectivity index (χ0) is 13.8. The molecule has 1 amide bonds. The maximum atomic E-state index is 12.7. The van der Waals surface area contributed by atoms with Gasteiger partial charge in [0.05, 0.1) is 4.34 Å². The predicted octanol–water partition coefficient (Wildman–Crippen LogP) is 3.41. The number of benzene rings is 1. The van der Waals surface area contributed by atoms with Crippen molar-refractivity contribution in [2.45, 2.75) is 6.54 Å². The molecule has 0 saturated carbocycles. The number of ether oxygens (including phenoxy) is 1. The molecule has 0 aliphatic carbocycles. The van der Waals surface area contributed by atoms with Crippen molar-refractivity contribution < 1.29 is 13.9 Å². The number of thiophene rings is 1. The largest absolute Gasteiger partial charge is 0.412 e. The van der Waals surface area contributed by atoms with Crippen molar-refractivity contribution in [2.75, 3.05) is 5.73 Å². The van der Waals surface area contributed by atoms with Gasteiger partial charge in [-0.2, -0.15) is 0 Å². The number of rotatable bonds is 3. The van der Waals surface area contributed by atoms with Gasteiger partial charge in [-0.1, -0.05) is 23.7 Å². The smallest absolute Gasteiger partial charge is 0.407 e. The fraction of sp³-hybridized carbons (Fsp3) is 0.0833. The third-order valence-corrected chi connectivity index (χ3v) is 3.32. The lowest BCUT2D eigenvalue weighted by Crippen LogP contribution is -2.26. The first-order valence-electron chi connectivity index (χ1n) is 5.29. The van der Waals surface area contributed by atoms with Crippen LogP contribution in [0.2, 0.25) is 4.34 Å². The Hall–Kier alpha value is -1.79. The van der Waals surface area contributed by atoms with Crippen molar-refractivity contribution in [2.24, 2.45) is 0 Å². The Kier molecular flexibility index (Phi) is 4.24. The third-order valence-electron chi connectivity index (χ3n) is 2.25. The maximum Gasteiger partial charge on any atom is 0.412 e. The highest BCUT2D eigenvalue weighted by Gasteiger charge is 2.10. The van der Waals surface area contributed by atoms with Crippen molar-refractivity contribution in [1.82, 2.24) is 5.32 Å². The van der Waals surface area contributed by atoms with Crippen LogP contribution in [0, 0.1) is 5.82 Å². The molecule has 7 heteroatoms. The topological polar surface area (TPSA) is 64.3 Å². The maximum absolute atomic E-state index is 12.7. The number of hydrogen-bond acceptors (Lipinski definition) is 4. The van der Waals surface area contributed by atoms with Crippen molar-refractivity contribution in [1.29, 1.82) is 0 Å². The molecule has 0 spiro atoms. The summed E-state index contributed by atoms with van der Waals surface area (Å²) in [5.41, 5.74) is 6.36. The lowest BCUT2D eigenvalue weighted by molar-refractivity contribution is 0.200. The number of anilines is 1. The molecular formula is C12H10ClFN2O2S. The van der Waals surface area contributed by atoms with Crippen LogP contribution in [0.15, 0.2) is 30.3 Å². The van der Waals surface area contributed by atoms with Crippen molar-refractivity contribution in [3.8, 4) is 5.75 Å². The summed E-state index contributed by atoms with van der Waals surface area (Å²) >= 11 is 6.85. The highest BCUT2D eigenvalue weighted by atomic mass is 35.5. The van der Waals surface area contributed by atoms with Gasteiger partial charge >= 0.3 is 6.09 Å². The summed E-state index contributed by atoms with van der Waals surface area (Å²) < 4.78 is 18.1. The average molecular weight is 301 g/mol. The molecule has 0 aliphatic heterocycles. The Morgan fingerprint density at radius 1 is 1.42 bits per heavy atom. The van der Waals surface area contributed by atoms with E-state index in [0.29, 0.717) is 9.34 Å². The Morgan fingerprint density at radius 3 is 2.68 bits per heavy atom. The molecule has 2 aromatic rings. The highest BCUT2D eigenvalue weighted by molar-refractivity contribution is 7.20. The van der Waals surface area contributed by atoms with E-state index in [-0.39, 0.29) is 18.1 Å². The first-order valence-corrected chi connectivity index (χ1v) is 6.49. The fourth-order valence-corrected chi connectivity index (χ4v) is 2.28. The van der Waals surface area contributed by atoms with E-state index in [1.165, 1.54) is 18.2 Å². The molecular weight excluding hydrogens is 291 g/mol. The summed E-state index contributed by atoms with van der Waals surface area (Å²) in [4.78, 5) is 11.5. The van der Waals surface area contributed by atoms with Gasteiger partial charge in [0.1, 0.15) is 10.8 Å². The van der Waals surface area contributed by atoms with Crippen LogP contribution in [-0.4, -0.2) is 6.09 Å². The molecule has 0 fully saturated rings. The molecule has 0 radical (unpaired) electrons. The SMILES string of the molecule is Nc1sc(Cl)cc1OC(=O)NCc1ccc(F)cc1. The second-order valence-corrected chi connectivity index (χ2v) is 5.36. The van der Waals surface area contributed by atoms with E-state index in [9.17, 15) is 9.18 Å². The molecule has 3 N–H and O–H groups in total. The molecule has 19 heavy (non-hydrogen) atoms. The lowest BCUT2D eigenvalue weighted by atomic mass is 10.2. The number of hydrogen-bond donors (Lipinski definition) is 2. The van der Waals surface area contributed by atoms with Crippen LogP contribution in [0.5, 0.6) is 5.75 Å². The quantitative estimate of drug-likeness (QED) is 0.913. The number of carbonyl (C=O) groups is 1. The lowest BCUT2D eigenvalue weighted by Gasteiger charge is -2.06. The molecule has 0 bridgehead atoms. The van der Waals surface area contributed by atoms with E-state index >= 15 is 0 Å². The molecule has 1 heterocycles. The first-order chi connectivity index (χ1) is 9.04. The number of halogens is 2. The van der Waals surface area contributed by atoms with E-state index in [1.54, 1.807) is 12.1 Å². The second kappa shape index (κ2) is 5.90. The standard InChI is InChI=1S/C12H10ClFN2O2S/c13-10-5-9(11(15)19-10)18-12(17)16-6-7-1-3-8(14)4-2-7/h1-5H,6,15H2,(H,16,17). The zero-order valence-corrected chi connectivity index (χ0v) is 11.2. The van der Waals surface area contributed by atoms with Crippen LogP contribution in [0.1, 0.15) is 5.56 Å². The number of nitrogen functional groups attached to an aromatic ring is 1. The van der Waals surface area contributed by atoms with Gasteiger partial charge < -0.3 is 15.8 Å². The third kappa shape index (κ3) is 3.84. The minimum absolute atomic E-state index is 0.228. The van der Waals surface area contributed by atoms with E-state index in [4.69, 9.17) is 22.1 Å². The van der Waals surface area contributed by atoms with Crippen LogP contribution >= 0.6 is 22.9 Å². The van der Waals surface area contributed by atoms with E-state index in [1.807, 2.05) is 0 Å². The number of amides is 1. The summed E-state index contributed by atoms with van der Waals surface area (Å²) in [6.07, 6.45) is -0.648. The van der Waals surface area contributed by atoms with Gasteiger partial charge in [0, 0.05) is 12.6 Å². The second-order valence-electron chi connectivity index (χ2n) is 3.65. The molecule has 1 aromatic heterocycles. The van der Waals surface area contributed by atoms with Crippen molar-refractivity contribution in [3.63, 3.8) is 0 Å². The summed E-state index contributed by atoms with van der Waals surface area (Å²) in [6, 6.07) is 7.26. The van der Waals surface area contributed by atoms with Gasteiger partial charge in [-0.15, -0.1) is 11.3 Å². The van der Waals surface area contributed by atoms with Crippen LogP contribution in [0.25, 0.3) is 0 Å². The summed E-state index contributed by atoms with van der Waals surface area (Å²) in [5.74, 6) is -0.0985. The van der Waals surface area contributed by atoms with E-state index in [0.717, 1.165) is 16.9 Å². The summed E-state index contributed by atoms with van der Waals surface area (Å²) in [6.45, 7) is 0.233. The predicted molar refractivity (Wildman–Crippen MR) is 73.0 cm³/mol. The van der Waals surface area contributed by atoms with Gasteiger partial charge in [0.2, 0.25) is 0 Å². The number of nitrogens with two attached hydrogens (primary N) is 1. The van der Waals surface area contributed by atoms with Gasteiger partial charge in [0.25, 0.3) is 0 Å². The molecule has 100 valence electrons. The van der Waals surface area contributed by atoms with Gasteiger partial charge in [-0.05, 0) is 17.7 Å². The van der Waals surface area contributed by atoms with E-state index < -0.39 is 6.09 Å². The molecule has 0 unspecified atom stereocenters. The van der Waals surface area contributed by atoms with Crippen LogP contribution < -0.4 is 15.8 Å².